The Bertz CT molecular complexity index is 731. The molecule has 0 bridgehead atoms. The first-order valence-corrected chi connectivity index (χ1v) is 7.44. The zero-order chi connectivity index (χ0) is 14.8. The average molecular weight is 300 g/mol. The molecule has 108 valence electrons. The van der Waals surface area contributed by atoms with E-state index in [0.717, 1.165) is 22.5 Å². The van der Waals surface area contributed by atoms with Crippen molar-refractivity contribution in [1.29, 1.82) is 0 Å². The number of hydrogen-bond donors (Lipinski definition) is 1. The van der Waals surface area contributed by atoms with Crippen LogP contribution in [0.2, 0.25) is 5.02 Å². The van der Waals surface area contributed by atoms with Crippen molar-refractivity contribution in [2.75, 3.05) is 0 Å². The minimum Gasteiger partial charge on any atom is -0.328 e. The van der Waals surface area contributed by atoms with Gasteiger partial charge < -0.3 is 10.3 Å². The number of hydrogen-bond acceptors (Lipinski definition) is 2. The van der Waals surface area contributed by atoms with Crippen molar-refractivity contribution in [1.82, 2.24) is 9.55 Å². The van der Waals surface area contributed by atoms with Crippen molar-refractivity contribution in [2.45, 2.75) is 25.4 Å². The molecule has 0 saturated heterocycles. The maximum Gasteiger partial charge on any atom is 0.140 e. The number of nitrogens with two attached hydrogens (primary N) is 1. The van der Waals surface area contributed by atoms with Crippen LogP contribution in [0.3, 0.4) is 0 Å². The summed E-state index contributed by atoms with van der Waals surface area (Å²) in [6.07, 6.45) is 4.75. The second-order valence-corrected chi connectivity index (χ2v) is 5.83. The van der Waals surface area contributed by atoms with Crippen LogP contribution in [0.15, 0.2) is 54.9 Å². The van der Waals surface area contributed by atoms with E-state index in [4.69, 9.17) is 17.3 Å². The largest absolute Gasteiger partial charge is 0.328 e. The van der Waals surface area contributed by atoms with Gasteiger partial charge in [0.25, 0.3) is 0 Å². The maximum atomic E-state index is 6.22. The Balaban J connectivity index is 1.96. The van der Waals surface area contributed by atoms with Gasteiger partial charge in [0, 0.05) is 28.8 Å². The number of pyridine rings is 1. The molecule has 0 aliphatic heterocycles. The second kappa shape index (κ2) is 5.88. The summed E-state index contributed by atoms with van der Waals surface area (Å²) < 4.78 is 2.18. The van der Waals surface area contributed by atoms with E-state index in [-0.39, 0.29) is 12.1 Å². The Hall–Kier alpha value is -1.84. The van der Waals surface area contributed by atoms with Crippen LogP contribution in [-0.2, 0) is 6.42 Å². The third-order valence-electron chi connectivity index (χ3n) is 3.80. The van der Waals surface area contributed by atoms with Crippen molar-refractivity contribution in [3.8, 4) is 0 Å². The van der Waals surface area contributed by atoms with E-state index in [9.17, 15) is 0 Å². The molecular formula is C17H18ClN3. The van der Waals surface area contributed by atoms with Crippen molar-refractivity contribution >= 4 is 22.6 Å². The third kappa shape index (κ3) is 2.94. The van der Waals surface area contributed by atoms with Crippen LogP contribution in [0, 0.1) is 0 Å². The number of fused-ring (bicyclic) bond motifs is 1. The molecule has 2 heterocycles. The van der Waals surface area contributed by atoms with Crippen molar-refractivity contribution in [2.24, 2.45) is 5.73 Å². The summed E-state index contributed by atoms with van der Waals surface area (Å²) >= 11 is 5.95. The first-order chi connectivity index (χ1) is 10.1. The molecule has 0 radical (unpaired) electrons. The highest BCUT2D eigenvalue weighted by Crippen LogP contribution is 2.24. The van der Waals surface area contributed by atoms with Gasteiger partial charge >= 0.3 is 0 Å². The molecule has 3 aromatic rings. The summed E-state index contributed by atoms with van der Waals surface area (Å²) in [6, 6.07) is 14.2. The monoisotopic (exact) mass is 299 g/mol. The van der Waals surface area contributed by atoms with E-state index in [1.807, 2.05) is 31.3 Å². The molecule has 0 aliphatic carbocycles. The van der Waals surface area contributed by atoms with Crippen LogP contribution in [0.5, 0.6) is 0 Å². The third-order valence-corrected chi connectivity index (χ3v) is 4.05. The molecule has 3 nitrogen and oxygen atoms in total. The topological polar surface area (TPSA) is 43.8 Å². The highest BCUT2D eigenvalue weighted by molar-refractivity contribution is 6.30. The van der Waals surface area contributed by atoms with Gasteiger partial charge in [-0.15, -0.1) is 0 Å². The van der Waals surface area contributed by atoms with Gasteiger partial charge in [0.1, 0.15) is 5.65 Å². The molecule has 0 amide bonds. The van der Waals surface area contributed by atoms with Crippen LogP contribution in [0.4, 0.5) is 0 Å². The molecule has 3 rings (SSSR count). The molecule has 4 heteroatoms. The molecule has 2 atom stereocenters. The number of rotatable bonds is 4. The molecular weight excluding hydrogens is 282 g/mol. The number of aromatic nitrogens is 2. The number of benzene rings is 1. The van der Waals surface area contributed by atoms with Gasteiger partial charge in [-0.25, -0.2) is 4.98 Å². The summed E-state index contributed by atoms with van der Waals surface area (Å²) in [4.78, 5) is 4.49. The predicted octanol–water partition coefficient (Wildman–Crippen LogP) is 3.82. The lowest BCUT2D eigenvalue weighted by Gasteiger charge is -2.23. The highest BCUT2D eigenvalue weighted by Gasteiger charge is 2.18. The predicted molar refractivity (Wildman–Crippen MR) is 87.6 cm³/mol. The van der Waals surface area contributed by atoms with Crippen LogP contribution < -0.4 is 5.73 Å². The Kier molecular flexibility index (Phi) is 3.95. The molecule has 0 saturated carbocycles. The average Bonchev–Trinajstić information content (AvgIpc) is 2.90. The molecule has 21 heavy (non-hydrogen) atoms. The van der Waals surface area contributed by atoms with Gasteiger partial charge in [0.15, 0.2) is 0 Å². The molecule has 2 N–H and O–H groups in total. The van der Waals surface area contributed by atoms with E-state index >= 15 is 0 Å². The number of halogens is 1. The molecule has 0 spiro atoms. The van der Waals surface area contributed by atoms with E-state index < -0.39 is 0 Å². The lowest BCUT2D eigenvalue weighted by molar-refractivity contribution is 0.436. The molecule has 0 fully saturated rings. The first kappa shape index (κ1) is 14.1. The normalized spacial score (nSPS) is 14.2. The van der Waals surface area contributed by atoms with Crippen molar-refractivity contribution < 1.29 is 0 Å². The van der Waals surface area contributed by atoms with Gasteiger partial charge in [0.05, 0.1) is 6.04 Å². The van der Waals surface area contributed by atoms with Gasteiger partial charge in [-0.2, -0.15) is 0 Å². The zero-order valence-electron chi connectivity index (χ0n) is 11.9. The summed E-state index contributed by atoms with van der Waals surface area (Å²) in [5, 5.41) is 1.89. The lowest BCUT2D eigenvalue weighted by Crippen LogP contribution is -2.30. The first-order valence-electron chi connectivity index (χ1n) is 7.07. The zero-order valence-corrected chi connectivity index (χ0v) is 12.7. The summed E-state index contributed by atoms with van der Waals surface area (Å²) in [7, 11) is 0. The van der Waals surface area contributed by atoms with E-state index in [0.29, 0.717) is 0 Å². The van der Waals surface area contributed by atoms with Crippen LogP contribution in [0.1, 0.15) is 18.5 Å². The van der Waals surface area contributed by atoms with Gasteiger partial charge in [-0.05, 0) is 49.2 Å². The van der Waals surface area contributed by atoms with E-state index in [1.54, 1.807) is 0 Å². The summed E-state index contributed by atoms with van der Waals surface area (Å²) in [5.41, 5.74) is 8.42. The SMILES string of the molecule is CC(N)C(Cc1ccc(Cl)cc1)n1ccc2cccnc21. The van der Waals surface area contributed by atoms with Crippen LogP contribution >= 0.6 is 11.6 Å². The smallest absolute Gasteiger partial charge is 0.140 e. The maximum absolute atomic E-state index is 6.22. The Morgan fingerprint density at radius 3 is 2.67 bits per heavy atom. The van der Waals surface area contributed by atoms with Crippen LogP contribution in [-0.4, -0.2) is 15.6 Å². The van der Waals surface area contributed by atoms with Gasteiger partial charge in [-0.1, -0.05) is 23.7 Å². The molecule has 2 unspecified atom stereocenters. The molecule has 0 aliphatic rings. The van der Waals surface area contributed by atoms with Crippen molar-refractivity contribution in [3.63, 3.8) is 0 Å². The lowest BCUT2D eigenvalue weighted by atomic mass is 10.0. The molecule has 1 aromatic carbocycles. The standard InChI is InChI=1S/C17H18ClN3/c1-12(19)16(11-13-4-6-15(18)7-5-13)21-10-8-14-3-2-9-20-17(14)21/h2-10,12,16H,11,19H2,1H3. The van der Waals surface area contributed by atoms with E-state index in [1.165, 1.54) is 5.56 Å². The van der Waals surface area contributed by atoms with Crippen molar-refractivity contribution in [3.05, 3.63) is 65.4 Å². The number of nitrogens with zero attached hydrogens (tertiary/aromatic N) is 2. The summed E-state index contributed by atoms with van der Waals surface area (Å²) in [5.74, 6) is 0. The Morgan fingerprint density at radius 2 is 1.95 bits per heavy atom. The minimum absolute atomic E-state index is 0.0262. The summed E-state index contributed by atoms with van der Waals surface area (Å²) in [6.45, 7) is 2.04. The fourth-order valence-electron chi connectivity index (χ4n) is 2.65. The minimum atomic E-state index is 0.0262. The Morgan fingerprint density at radius 1 is 1.19 bits per heavy atom. The quantitative estimate of drug-likeness (QED) is 0.796. The van der Waals surface area contributed by atoms with Crippen LogP contribution in [0.25, 0.3) is 11.0 Å². The Labute approximate surface area is 129 Å². The second-order valence-electron chi connectivity index (χ2n) is 5.40. The van der Waals surface area contributed by atoms with E-state index in [2.05, 4.69) is 40.0 Å². The fraction of sp³-hybridized carbons (Fsp3) is 0.235. The van der Waals surface area contributed by atoms with Gasteiger partial charge in [-0.3, -0.25) is 0 Å². The highest BCUT2D eigenvalue weighted by atomic mass is 35.5. The fourth-order valence-corrected chi connectivity index (χ4v) is 2.78. The molecule has 2 aromatic heterocycles. The van der Waals surface area contributed by atoms with Gasteiger partial charge in [0.2, 0.25) is 0 Å².